The number of carbonyl (C=O) groups excluding carboxylic acids is 2. The van der Waals surface area contributed by atoms with Crippen molar-refractivity contribution < 1.29 is 14.3 Å². The van der Waals surface area contributed by atoms with Gasteiger partial charge in [-0.05, 0) is 50.6 Å². The zero-order chi connectivity index (χ0) is 20.7. The van der Waals surface area contributed by atoms with Crippen LogP contribution in [0.4, 0.5) is 0 Å². The van der Waals surface area contributed by atoms with Crippen LogP contribution in [0, 0.1) is 6.92 Å². The first-order valence-electron chi connectivity index (χ1n) is 9.03. The maximum absolute atomic E-state index is 12.9. The van der Waals surface area contributed by atoms with Crippen molar-refractivity contribution in [3.05, 3.63) is 63.6 Å². The molecule has 0 saturated heterocycles. The largest absolute Gasteiger partial charge is 0.484 e. The number of aryl methyl sites for hydroxylation is 1. The molecule has 1 unspecified atom stereocenters. The lowest BCUT2D eigenvalue weighted by molar-refractivity contribution is -0.142. The third-order valence-electron chi connectivity index (χ3n) is 4.26. The number of benzene rings is 2. The first-order valence-corrected chi connectivity index (χ1v) is 9.78. The van der Waals surface area contributed by atoms with Crippen LogP contribution in [0.3, 0.4) is 0 Å². The molecule has 0 aliphatic rings. The maximum atomic E-state index is 12.9. The van der Waals surface area contributed by atoms with E-state index in [0.29, 0.717) is 27.9 Å². The molecule has 5 nitrogen and oxygen atoms in total. The Bertz CT molecular complexity index is 822. The van der Waals surface area contributed by atoms with Crippen LogP contribution in [0.5, 0.6) is 5.75 Å². The van der Waals surface area contributed by atoms with Crippen LogP contribution in [0.25, 0.3) is 0 Å². The molecule has 2 aromatic carbocycles. The van der Waals surface area contributed by atoms with Gasteiger partial charge in [0.25, 0.3) is 5.91 Å². The van der Waals surface area contributed by atoms with Gasteiger partial charge in [-0.15, -0.1) is 0 Å². The van der Waals surface area contributed by atoms with Crippen molar-refractivity contribution in [3.8, 4) is 5.75 Å². The molecule has 2 amide bonds. The van der Waals surface area contributed by atoms with Crippen molar-refractivity contribution in [2.75, 3.05) is 13.2 Å². The van der Waals surface area contributed by atoms with Crippen LogP contribution in [-0.4, -0.2) is 35.9 Å². The summed E-state index contributed by atoms with van der Waals surface area (Å²) in [6, 6.07) is 11.8. The molecule has 1 N–H and O–H groups in total. The molecular weight excluding hydrogens is 399 g/mol. The number of likely N-dealkylation sites (N-methyl/N-ethyl adjacent to an activating group) is 1. The molecule has 0 spiro atoms. The van der Waals surface area contributed by atoms with Gasteiger partial charge in [-0.1, -0.05) is 41.4 Å². The fourth-order valence-corrected chi connectivity index (χ4v) is 3.21. The zero-order valence-corrected chi connectivity index (χ0v) is 17.7. The van der Waals surface area contributed by atoms with E-state index in [4.69, 9.17) is 27.9 Å². The third kappa shape index (κ3) is 5.88. The number of amides is 2. The SMILES string of the molecule is CCNC(=O)C(C)N(Cc1c(Cl)cccc1Cl)C(=O)COc1cccc(C)c1. The molecule has 2 rings (SSSR count). The summed E-state index contributed by atoms with van der Waals surface area (Å²) in [5.41, 5.74) is 1.62. The molecule has 0 aliphatic heterocycles. The normalized spacial score (nSPS) is 11.6. The first-order chi connectivity index (χ1) is 13.3. The lowest BCUT2D eigenvalue weighted by atomic mass is 10.1. The molecule has 0 radical (unpaired) electrons. The van der Waals surface area contributed by atoms with Gasteiger partial charge in [0.15, 0.2) is 6.61 Å². The Labute approximate surface area is 175 Å². The van der Waals surface area contributed by atoms with Gasteiger partial charge in [0.05, 0.1) is 0 Å². The predicted octanol–water partition coefficient (Wildman–Crippen LogP) is 4.23. The van der Waals surface area contributed by atoms with E-state index in [-0.39, 0.29) is 25.0 Å². The first kappa shape index (κ1) is 22.1. The summed E-state index contributed by atoms with van der Waals surface area (Å²) >= 11 is 12.5. The van der Waals surface area contributed by atoms with Crippen LogP contribution >= 0.6 is 23.2 Å². The lowest BCUT2D eigenvalue weighted by Crippen LogP contribution is -2.49. The number of carbonyl (C=O) groups is 2. The highest BCUT2D eigenvalue weighted by Crippen LogP contribution is 2.26. The molecular formula is C21H24Cl2N2O3. The number of nitrogens with zero attached hydrogens (tertiary/aromatic N) is 1. The quantitative estimate of drug-likeness (QED) is 0.691. The monoisotopic (exact) mass is 422 g/mol. The van der Waals surface area contributed by atoms with E-state index in [1.54, 1.807) is 31.2 Å². The Hall–Kier alpha value is -2.24. The van der Waals surface area contributed by atoms with Crippen LogP contribution < -0.4 is 10.1 Å². The Kier molecular flexibility index (Phi) is 8.15. The summed E-state index contributed by atoms with van der Waals surface area (Å²) in [4.78, 5) is 26.7. The fraction of sp³-hybridized carbons (Fsp3) is 0.333. The predicted molar refractivity (Wildman–Crippen MR) is 112 cm³/mol. The molecule has 0 saturated carbocycles. The van der Waals surface area contributed by atoms with Gasteiger partial charge in [-0.2, -0.15) is 0 Å². The van der Waals surface area contributed by atoms with E-state index in [0.717, 1.165) is 5.56 Å². The van der Waals surface area contributed by atoms with Crippen molar-refractivity contribution in [1.29, 1.82) is 0 Å². The summed E-state index contributed by atoms with van der Waals surface area (Å²) in [6.45, 7) is 5.81. The average Bonchev–Trinajstić information content (AvgIpc) is 2.66. The third-order valence-corrected chi connectivity index (χ3v) is 4.97. The van der Waals surface area contributed by atoms with Gasteiger partial charge >= 0.3 is 0 Å². The van der Waals surface area contributed by atoms with Crippen LogP contribution in [0.15, 0.2) is 42.5 Å². The molecule has 150 valence electrons. The Morgan fingerprint density at radius 3 is 2.39 bits per heavy atom. The van der Waals surface area contributed by atoms with E-state index < -0.39 is 6.04 Å². The highest BCUT2D eigenvalue weighted by atomic mass is 35.5. The van der Waals surface area contributed by atoms with Crippen molar-refractivity contribution in [2.24, 2.45) is 0 Å². The molecule has 0 aliphatic carbocycles. The second-order valence-electron chi connectivity index (χ2n) is 6.40. The summed E-state index contributed by atoms with van der Waals surface area (Å²) in [5.74, 6) is 0.000524. The molecule has 0 aromatic heterocycles. The van der Waals surface area contributed by atoms with Crippen molar-refractivity contribution >= 4 is 35.0 Å². The molecule has 0 fully saturated rings. The van der Waals surface area contributed by atoms with E-state index in [2.05, 4.69) is 5.32 Å². The Morgan fingerprint density at radius 1 is 1.14 bits per heavy atom. The second-order valence-corrected chi connectivity index (χ2v) is 7.21. The minimum Gasteiger partial charge on any atom is -0.484 e. The Morgan fingerprint density at radius 2 is 1.79 bits per heavy atom. The average molecular weight is 423 g/mol. The van der Waals surface area contributed by atoms with E-state index in [1.165, 1.54) is 4.90 Å². The minimum absolute atomic E-state index is 0.104. The zero-order valence-electron chi connectivity index (χ0n) is 16.2. The molecule has 0 bridgehead atoms. The smallest absolute Gasteiger partial charge is 0.261 e. The van der Waals surface area contributed by atoms with Gasteiger partial charge in [-0.3, -0.25) is 9.59 Å². The number of hydrogen-bond donors (Lipinski definition) is 1. The maximum Gasteiger partial charge on any atom is 0.261 e. The van der Waals surface area contributed by atoms with E-state index in [1.807, 2.05) is 32.0 Å². The second kappa shape index (κ2) is 10.3. The minimum atomic E-state index is -0.708. The number of halogens is 2. The van der Waals surface area contributed by atoms with Crippen LogP contribution in [0.1, 0.15) is 25.0 Å². The molecule has 28 heavy (non-hydrogen) atoms. The summed E-state index contributed by atoms with van der Waals surface area (Å²) in [6.07, 6.45) is 0. The van der Waals surface area contributed by atoms with Gasteiger partial charge < -0.3 is 15.0 Å². The number of hydrogen-bond acceptors (Lipinski definition) is 3. The van der Waals surface area contributed by atoms with Crippen LogP contribution in [-0.2, 0) is 16.1 Å². The van der Waals surface area contributed by atoms with Gasteiger partial charge in [0, 0.05) is 28.7 Å². The summed E-state index contributed by atoms with van der Waals surface area (Å²) < 4.78 is 5.63. The van der Waals surface area contributed by atoms with Gasteiger partial charge in [0.2, 0.25) is 5.91 Å². The highest BCUT2D eigenvalue weighted by Gasteiger charge is 2.27. The molecule has 2 aromatic rings. The lowest BCUT2D eigenvalue weighted by Gasteiger charge is -2.29. The highest BCUT2D eigenvalue weighted by molar-refractivity contribution is 6.36. The fourth-order valence-electron chi connectivity index (χ4n) is 2.69. The molecule has 1 atom stereocenters. The topological polar surface area (TPSA) is 58.6 Å². The van der Waals surface area contributed by atoms with Crippen molar-refractivity contribution in [3.63, 3.8) is 0 Å². The van der Waals surface area contributed by atoms with E-state index >= 15 is 0 Å². The van der Waals surface area contributed by atoms with Gasteiger partial charge in [-0.25, -0.2) is 0 Å². The number of nitrogens with one attached hydrogen (secondary N) is 1. The van der Waals surface area contributed by atoms with Crippen molar-refractivity contribution in [2.45, 2.75) is 33.4 Å². The van der Waals surface area contributed by atoms with E-state index in [9.17, 15) is 9.59 Å². The van der Waals surface area contributed by atoms with Crippen LogP contribution in [0.2, 0.25) is 10.0 Å². The number of ether oxygens (including phenoxy) is 1. The standard InChI is InChI=1S/C21H24Cl2N2O3/c1-4-24-21(27)15(3)25(12-17-18(22)9-6-10-19(17)23)20(26)13-28-16-8-5-7-14(2)11-16/h5-11,15H,4,12-13H2,1-3H3,(H,24,27). The Balaban J connectivity index is 2.21. The molecule has 7 heteroatoms. The number of rotatable bonds is 8. The van der Waals surface area contributed by atoms with Crippen molar-refractivity contribution in [1.82, 2.24) is 10.2 Å². The molecule has 0 heterocycles. The van der Waals surface area contributed by atoms with Gasteiger partial charge in [0.1, 0.15) is 11.8 Å². The summed E-state index contributed by atoms with van der Waals surface area (Å²) in [5, 5.41) is 3.61. The summed E-state index contributed by atoms with van der Waals surface area (Å²) in [7, 11) is 0.